The van der Waals surface area contributed by atoms with Crippen molar-refractivity contribution in [1.29, 1.82) is 0 Å². The van der Waals surface area contributed by atoms with E-state index < -0.39 is 0 Å². The Morgan fingerprint density at radius 1 is 1.42 bits per heavy atom. The number of carbonyl (C=O) groups is 1. The fourth-order valence-electron chi connectivity index (χ4n) is 3.65. The molecule has 0 aromatic carbocycles. The molecule has 0 radical (unpaired) electrons. The lowest BCUT2D eigenvalue weighted by molar-refractivity contribution is -0.130. The number of hydrogen-bond acceptors (Lipinski definition) is 8. The molecule has 12 heteroatoms. The van der Waals surface area contributed by atoms with Gasteiger partial charge in [-0.1, -0.05) is 11.6 Å². The monoisotopic (exact) mass is 465 g/mol. The molecule has 2 N–H and O–H groups in total. The molecule has 0 bridgehead atoms. The molecule has 0 saturated carbocycles. The Bertz CT molecular complexity index is 1070. The molecule has 0 unspecified atom stereocenters. The van der Waals surface area contributed by atoms with Gasteiger partial charge >= 0.3 is 0 Å². The van der Waals surface area contributed by atoms with Gasteiger partial charge in [-0.2, -0.15) is 27.7 Å². The number of aromatic nitrogens is 5. The van der Waals surface area contributed by atoms with Gasteiger partial charge in [0.25, 0.3) is 0 Å². The second kappa shape index (κ2) is 9.33. The van der Waals surface area contributed by atoms with Crippen LogP contribution in [-0.4, -0.2) is 74.2 Å². The smallest absolute Gasteiger partial charge is 0.232 e. The van der Waals surface area contributed by atoms with Gasteiger partial charge in [0, 0.05) is 52.0 Å². The average Bonchev–Trinajstić information content (AvgIpc) is 3.45. The van der Waals surface area contributed by atoms with Gasteiger partial charge in [0.2, 0.25) is 17.7 Å². The topological polar surface area (TPSA) is 110 Å². The second-order valence-corrected chi connectivity index (χ2v) is 8.21. The van der Waals surface area contributed by atoms with Gasteiger partial charge in [-0.3, -0.25) is 9.48 Å². The van der Waals surface area contributed by atoms with Gasteiger partial charge < -0.3 is 24.7 Å². The Kier molecular flexibility index (Phi) is 6.54. The predicted octanol–water partition coefficient (Wildman–Crippen LogP) is 2.26. The van der Waals surface area contributed by atoms with Gasteiger partial charge in [0.15, 0.2) is 0 Å². The summed E-state index contributed by atoms with van der Waals surface area (Å²) < 4.78 is 13.4. The summed E-state index contributed by atoms with van der Waals surface area (Å²) in [5, 5.41) is 8.32. The number of nitrogens with one attached hydrogen (secondary N) is 2. The molecule has 0 spiro atoms. The molecule has 166 valence electrons. The number of carbonyl (C=O) groups excluding carboxylic acids is 1. The first-order valence-electron chi connectivity index (χ1n) is 9.83. The van der Waals surface area contributed by atoms with Crippen molar-refractivity contribution in [3.05, 3.63) is 23.6 Å². The molecule has 3 aromatic rings. The summed E-state index contributed by atoms with van der Waals surface area (Å²) in [6.07, 6.45) is 5.42. The van der Waals surface area contributed by atoms with Crippen molar-refractivity contribution in [2.24, 2.45) is 13.0 Å². The molecule has 0 aliphatic carbocycles. The quantitative estimate of drug-likeness (QED) is 0.437. The number of thiol groups is 1. The van der Waals surface area contributed by atoms with Crippen molar-refractivity contribution in [3.63, 3.8) is 0 Å². The molecular formula is C19H24ClN7O3S. The molecule has 1 aliphatic rings. The normalized spacial score (nSPS) is 18.6. The molecule has 1 amide bonds. The molecule has 10 nitrogen and oxygen atoms in total. The number of anilines is 2. The SMILES string of the molecule is CO[C@H]1CN(C(=O)CCS)C[C@@H]1COc1nc(Nc2cnn(C)c2)nc2[nH]cc(Cl)c12. The van der Waals surface area contributed by atoms with E-state index in [1.54, 1.807) is 29.1 Å². The van der Waals surface area contributed by atoms with E-state index in [0.29, 0.717) is 59.8 Å². The van der Waals surface area contributed by atoms with E-state index in [1.807, 2.05) is 13.2 Å². The summed E-state index contributed by atoms with van der Waals surface area (Å²) >= 11 is 10.5. The number of H-pyrrole nitrogens is 1. The van der Waals surface area contributed by atoms with Crippen LogP contribution in [0.1, 0.15) is 6.42 Å². The lowest BCUT2D eigenvalue weighted by Gasteiger charge is -2.17. The van der Waals surface area contributed by atoms with Crippen LogP contribution in [0.5, 0.6) is 5.88 Å². The molecule has 3 aromatic heterocycles. The van der Waals surface area contributed by atoms with E-state index in [9.17, 15) is 4.79 Å². The molecule has 1 saturated heterocycles. The molecule has 1 aliphatic heterocycles. The minimum Gasteiger partial charge on any atom is -0.477 e. The van der Waals surface area contributed by atoms with Crippen LogP contribution >= 0.6 is 24.2 Å². The number of aromatic amines is 1. The van der Waals surface area contributed by atoms with E-state index in [2.05, 4.69) is 38.0 Å². The van der Waals surface area contributed by atoms with Crippen LogP contribution in [0.15, 0.2) is 18.6 Å². The fourth-order valence-corrected chi connectivity index (χ4v) is 4.07. The summed E-state index contributed by atoms with van der Waals surface area (Å²) in [4.78, 5) is 26.1. The van der Waals surface area contributed by atoms with Crippen molar-refractivity contribution < 1.29 is 14.3 Å². The van der Waals surface area contributed by atoms with Gasteiger partial charge in [0.05, 0.1) is 35.0 Å². The molecular weight excluding hydrogens is 442 g/mol. The van der Waals surface area contributed by atoms with Crippen molar-refractivity contribution in [2.45, 2.75) is 12.5 Å². The predicted molar refractivity (Wildman–Crippen MR) is 120 cm³/mol. The number of aryl methyl sites for hydroxylation is 1. The Balaban J connectivity index is 1.53. The van der Waals surface area contributed by atoms with Crippen LogP contribution < -0.4 is 10.1 Å². The fraction of sp³-hybridized carbons (Fsp3) is 0.474. The lowest BCUT2D eigenvalue weighted by atomic mass is 10.1. The zero-order valence-corrected chi connectivity index (χ0v) is 18.9. The van der Waals surface area contributed by atoms with E-state index in [-0.39, 0.29) is 17.9 Å². The third-order valence-corrected chi connectivity index (χ3v) is 5.73. The largest absolute Gasteiger partial charge is 0.477 e. The van der Waals surface area contributed by atoms with E-state index in [1.165, 1.54) is 0 Å². The highest BCUT2D eigenvalue weighted by Crippen LogP contribution is 2.32. The van der Waals surface area contributed by atoms with E-state index in [0.717, 1.165) is 5.69 Å². The number of fused-ring (bicyclic) bond motifs is 1. The van der Waals surface area contributed by atoms with Crippen LogP contribution in [0.2, 0.25) is 5.02 Å². The highest BCUT2D eigenvalue weighted by atomic mass is 35.5. The number of methoxy groups -OCH3 is 1. The summed E-state index contributed by atoms with van der Waals surface area (Å²) in [6, 6.07) is 0. The standard InChI is InChI=1S/C19H24ClN7O3S/c1-26-8-12(5-22-26)23-19-24-17-16(13(20)6-21-17)18(25-19)30-10-11-7-27(9-14(11)29-2)15(28)3-4-31/h5-6,8,11,14,31H,3-4,7,9-10H2,1-2H3,(H2,21,23,24,25)/t11-,14+/m1/s1. The van der Waals surface area contributed by atoms with Crippen molar-refractivity contribution >= 4 is 52.8 Å². The maximum Gasteiger partial charge on any atom is 0.232 e. The van der Waals surface area contributed by atoms with E-state index >= 15 is 0 Å². The minimum atomic E-state index is -0.115. The average molecular weight is 466 g/mol. The maximum absolute atomic E-state index is 12.3. The van der Waals surface area contributed by atoms with Crippen LogP contribution in [0.25, 0.3) is 11.0 Å². The Hall–Kier alpha value is -2.50. The zero-order valence-electron chi connectivity index (χ0n) is 17.2. The zero-order chi connectivity index (χ0) is 22.0. The van der Waals surface area contributed by atoms with E-state index in [4.69, 9.17) is 21.1 Å². The highest BCUT2D eigenvalue weighted by molar-refractivity contribution is 7.80. The van der Waals surface area contributed by atoms with Crippen LogP contribution in [-0.2, 0) is 16.6 Å². The summed E-state index contributed by atoms with van der Waals surface area (Å²) in [5.74, 6) is 1.31. The first-order chi connectivity index (χ1) is 15.0. The number of amides is 1. The summed E-state index contributed by atoms with van der Waals surface area (Å²) in [6.45, 7) is 1.42. The van der Waals surface area contributed by atoms with Gasteiger partial charge in [-0.25, -0.2) is 0 Å². The molecule has 1 fully saturated rings. The highest BCUT2D eigenvalue weighted by Gasteiger charge is 2.35. The lowest BCUT2D eigenvalue weighted by Crippen LogP contribution is -2.30. The van der Waals surface area contributed by atoms with Gasteiger partial charge in [-0.05, 0) is 5.75 Å². The number of ether oxygens (including phenoxy) is 2. The first kappa shape index (κ1) is 21.7. The number of nitrogens with zero attached hydrogens (tertiary/aromatic N) is 5. The molecule has 2 atom stereocenters. The molecule has 4 heterocycles. The summed E-state index contributed by atoms with van der Waals surface area (Å²) in [5.41, 5.74) is 1.31. The Morgan fingerprint density at radius 2 is 2.26 bits per heavy atom. The Morgan fingerprint density at radius 3 is 2.97 bits per heavy atom. The maximum atomic E-state index is 12.3. The van der Waals surface area contributed by atoms with Crippen molar-refractivity contribution in [3.8, 4) is 5.88 Å². The van der Waals surface area contributed by atoms with Crippen molar-refractivity contribution in [1.82, 2.24) is 29.6 Å². The number of rotatable bonds is 8. The Labute approximate surface area is 189 Å². The first-order valence-corrected chi connectivity index (χ1v) is 10.8. The van der Waals surface area contributed by atoms with Crippen LogP contribution in [0.3, 0.4) is 0 Å². The number of hydrogen-bond donors (Lipinski definition) is 3. The van der Waals surface area contributed by atoms with Gasteiger partial charge in [-0.15, -0.1) is 0 Å². The van der Waals surface area contributed by atoms with Crippen molar-refractivity contribution in [2.75, 3.05) is 37.9 Å². The van der Waals surface area contributed by atoms with Gasteiger partial charge in [0.1, 0.15) is 5.65 Å². The van der Waals surface area contributed by atoms with Crippen LogP contribution in [0.4, 0.5) is 11.6 Å². The van der Waals surface area contributed by atoms with Crippen LogP contribution in [0, 0.1) is 5.92 Å². The summed E-state index contributed by atoms with van der Waals surface area (Å²) in [7, 11) is 3.47. The molecule has 4 rings (SSSR count). The minimum absolute atomic E-state index is 0.00586. The third-order valence-electron chi connectivity index (χ3n) is 5.21. The third kappa shape index (κ3) is 4.73. The number of halogens is 1. The second-order valence-electron chi connectivity index (χ2n) is 7.36. The molecule has 31 heavy (non-hydrogen) atoms. The number of likely N-dealkylation sites (tertiary alicyclic amines) is 1.